The SMILES string of the molecule is CN(Cc1ccc2c(c1)OCCO2)C[C@H](O)COCc1cccs1. The average molecular weight is 349 g/mol. The molecule has 5 nitrogen and oxygen atoms in total. The summed E-state index contributed by atoms with van der Waals surface area (Å²) in [4.78, 5) is 3.25. The van der Waals surface area contributed by atoms with Crippen molar-refractivity contribution >= 4 is 11.3 Å². The zero-order chi connectivity index (χ0) is 16.8. The van der Waals surface area contributed by atoms with Crippen molar-refractivity contribution in [3.63, 3.8) is 0 Å². The Kier molecular flexibility index (Phi) is 6.09. The number of aliphatic hydroxyl groups is 1. The molecule has 130 valence electrons. The fourth-order valence-electron chi connectivity index (χ4n) is 2.67. The molecule has 1 aromatic carbocycles. The lowest BCUT2D eigenvalue weighted by Crippen LogP contribution is -2.31. The van der Waals surface area contributed by atoms with E-state index in [9.17, 15) is 5.11 Å². The zero-order valence-corrected chi connectivity index (χ0v) is 14.6. The smallest absolute Gasteiger partial charge is 0.161 e. The first-order valence-electron chi connectivity index (χ1n) is 8.06. The third-order valence-electron chi connectivity index (χ3n) is 3.72. The molecular formula is C18H23NO4S. The minimum atomic E-state index is -0.507. The Labute approximate surface area is 146 Å². The van der Waals surface area contributed by atoms with E-state index in [1.54, 1.807) is 11.3 Å². The number of benzene rings is 1. The second kappa shape index (κ2) is 8.48. The maximum absolute atomic E-state index is 10.1. The van der Waals surface area contributed by atoms with Gasteiger partial charge in [0.25, 0.3) is 0 Å². The van der Waals surface area contributed by atoms with Crippen LogP contribution in [0.25, 0.3) is 0 Å². The largest absolute Gasteiger partial charge is 0.486 e. The van der Waals surface area contributed by atoms with Gasteiger partial charge in [0.1, 0.15) is 13.2 Å². The van der Waals surface area contributed by atoms with Crippen LogP contribution in [0.1, 0.15) is 10.4 Å². The van der Waals surface area contributed by atoms with Crippen LogP contribution in [0.4, 0.5) is 0 Å². The van der Waals surface area contributed by atoms with E-state index in [0.29, 0.717) is 33.0 Å². The highest BCUT2D eigenvalue weighted by Crippen LogP contribution is 2.31. The Morgan fingerprint density at radius 1 is 1.25 bits per heavy atom. The standard InChI is InChI=1S/C18H23NO4S/c1-19(11-15(20)12-21-13-16-3-2-8-24-16)10-14-4-5-17-18(9-14)23-7-6-22-17/h2-5,8-9,15,20H,6-7,10-13H2,1H3/t15-/m0/s1. The van der Waals surface area contributed by atoms with Gasteiger partial charge in [0, 0.05) is 18.0 Å². The molecule has 0 fully saturated rings. The molecule has 24 heavy (non-hydrogen) atoms. The van der Waals surface area contributed by atoms with Gasteiger partial charge in [-0.15, -0.1) is 11.3 Å². The minimum absolute atomic E-state index is 0.337. The first kappa shape index (κ1) is 17.2. The molecule has 0 radical (unpaired) electrons. The van der Waals surface area contributed by atoms with E-state index < -0.39 is 6.10 Å². The Hall–Kier alpha value is -1.60. The quantitative estimate of drug-likeness (QED) is 0.794. The fourth-order valence-corrected chi connectivity index (χ4v) is 3.31. The third kappa shape index (κ3) is 4.95. The van der Waals surface area contributed by atoms with Gasteiger partial charge in [-0.3, -0.25) is 4.90 Å². The predicted molar refractivity (Wildman–Crippen MR) is 93.7 cm³/mol. The van der Waals surface area contributed by atoms with Crippen molar-refractivity contribution in [2.75, 3.05) is 33.4 Å². The number of aliphatic hydroxyl groups excluding tert-OH is 1. The van der Waals surface area contributed by atoms with Gasteiger partial charge in [0.15, 0.2) is 11.5 Å². The topological polar surface area (TPSA) is 51.2 Å². The van der Waals surface area contributed by atoms with E-state index in [-0.39, 0.29) is 0 Å². The van der Waals surface area contributed by atoms with Gasteiger partial charge < -0.3 is 19.3 Å². The summed E-state index contributed by atoms with van der Waals surface area (Å²) in [5.41, 5.74) is 1.13. The van der Waals surface area contributed by atoms with Crippen molar-refractivity contribution < 1.29 is 19.3 Å². The summed E-state index contributed by atoms with van der Waals surface area (Å²) in [6, 6.07) is 10.0. The molecule has 2 heterocycles. The molecule has 0 spiro atoms. The molecule has 1 aromatic heterocycles. The van der Waals surface area contributed by atoms with Gasteiger partial charge in [-0.05, 0) is 36.2 Å². The van der Waals surface area contributed by atoms with Crippen LogP contribution in [0.3, 0.4) is 0 Å². The van der Waals surface area contributed by atoms with Crippen LogP contribution in [0.5, 0.6) is 11.5 Å². The molecule has 2 aromatic rings. The Morgan fingerprint density at radius 3 is 2.88 bits per heavy atom. The molecule has 1 aliphatic rings. The Bertz CT molecular complexity index is 632. The second-order valence-corrected chi connectivity index (χ2v) is 6.96. The lowest BCUT2D eigenvalue weighted by Gasteiger charge is -2.22. The highest BCUT2D eigenvalue weighted by atomic mass is 32.1. The van der Waals surface area contributed by atoms with Crippen molar-refractivity contribution in [2.45, 2.75) is 19.3 Å². The third-order valence-corrected chi connectivity index (χ3v) is 4.57. The molecule has 3 rings (SSSR count). The molecule has 6 heteroatoms. The average Bonchev–Trinajstić information content (AvgIpc) is 3.08. The number of ether oxygens (including phenoxy) is 3. The number of thiophene rings is 1. The highest BCUT2D eigenvalue weighted by Gasteiger charge is 2.14. The van der Waals surface area contributed by atoms with Gasteiger partial charge in [-0.2, -0.15) is 0 Å². The number of fused-ring (bicyclic) bond motifs is 1. The van der Waals surface area contributed by atoms with Gasteiger partial charge in [-0.25, -0.2) is 0 Å². The number of likely N-dealkylation sites (N-methyl/N-ethyl adjacent to an activating group) is 1. The molecule has 0 aliphatic carbocycles. The van der Waals surface area contributed by atoms with Gasteiger partial charge in [0.05, 0.1) is 19.3 Å². The van der Waals surface area contributed by atoms with E-state index in [1.165, 1.54) is 4.88 Å². The lowest BCUT2D eigenvalue weighted by atomic mass is 10.2. The van der Waals surface area contributed by atoms with E-state index in [2.05, 4.69) is 4.90 Å². The predicted octanol–water partition coefficient (Wildman–Crippen LogP) is 2.53. The van der Waals surface area contributed by atoms with Crippen molar-refractivity contribution in [3.05, 3.63) is 46.2 Å². The highest BCUT2D eigenvalue weighted by molar-refractivity contribution is 7.09. The van der Waals surface area contributed by atoms with Crippen molar-refractivity contribution in [1.82, 2.24) is 4.90 Å². The second-order valence-electron chi connectivity index (χ2n) is 5.92. The molecule has 0 saturated carbocycles. The van der Waals surface area contributed by atoms with Crippen LogP contribution in [0, 0.1) is 0 Å². The zero-order valence-electron chi connectivity index (χ0n) is 13.8. The van der Waals surface area contributed by atoms with Crippen LogP contribution in [0.2, 0.25) is 0 Å². The van der Waals surface area contributed by atoms with Crippen LogP contribution < -0.4 is 9.47 Å². The molecule has 0 bridgehead atoms. The molecule has 0 amide bonds. The molecular weight excluding hydrogens is 326 g/mol. The maximum atomic E-state index is 10.1. The van der Waals surface area contributed by atoms with E-state index >= 15 is 0 Å². The van der Waals surface area contributed by atoms with Crippen molar-refractivity contribution in [2.24, 2.45) is 0 Å². The first-order chi connectivity index (χ1) is 11.7. The van der Waals surface area contributed by atoms with Crippen LogP contribution in [-0.4, -0.2) is 49.5 Å². The van der Waals surface area contributed by atoms with Crippen LogP contribution in [0.15, 0.2) is 35.7 Å². The summed E-state index contributed by atoms with van der Waals surface area (Å²) < 4.78 is 16.7. The lowest BCUT2D eigenvalue weighted by molar-refractivity contribution is 0.0135. The Balaban J connectivity index is 1.42. The number of hydrogen-bond acceptors (Lipinski definition) is 6. The minimum Gasteiger partial charge on any atom is -0.486 e. The summed E-state index contributed by atoms with van der Waals surface area (Å²) in [6.45, 7) is 3.37. The van der Waals surface area contributed by atoms with Crippen LogP contribution in [-0.2, 0) is 17.9 Å². The van der Waals surface area contributed by atoms with Gasteiger partial charge in [0.2, 0.25) is 0 Å². The monoisotopic (exact) mass is 349 g/mol. The van der Waals surface area contributed by atoms with E-state index in [4.69, 9.17) is 14.2 Å². The fraction of sp³-hybridized carbons (Fsp3) is 0.444. The van der Waals surface area contributed by atoms with Gasteiger partial charge >= 0.3 is 0 Å². The number of hydrogen-bond donors (Lipinski definition) is 1. The van der Waals surface area contributed by atoms with Crippen molar-refractivity contribution in [3.8, 4) is 11.5 Å². The molecule has 1 N–H and O–H groups in total. The Morgan fingerprint density at radius 2 is 2.08 bits per heavy atom. The maximum Gasteiger partial charge on any atom is 0.161 e. The molecule has 0 saturated heterocycles. The van der Waals surface area contributed by atoms with Gasteiger partial charge in [-0.1, -0.05) is 12.1 Å². The molecule has 1 aliphatic heterocycles. The van der Waals surface area contributed by atoms with Crippen molar-refractivity contribution in [1.29, 1.82) is 0 Å². The summed E-state index contributed by atoms with van der Waals surface area (Å²) in [5, 5.41) is 12.1. The summed E-state index contributed by atoms with van der Waals surface area (Å²) in [7, 11) is 1.99. The molecule has 1 atom stereocenters. The first-order valence-corrected chi connectivity index (χ1v) is 8.94. The molecule has 0 unspecified atom stereocenters. The normalized spacial score (nSPS) is 14.8. The number of nitrogens with zero attached hydrogens (tertiary/aromatic N) is 1. The van der Waals surface area contributed by atoms with Crippen LogP contribution >= 0.6 is 11.3 Å². The van der Waals surface area contributed by atoms with E-state index in [0.717, 1.165) is 23.6 Å². The number of rotatable bonds is 8. The summed E-state index contributed by atoms with van der Waals surface area (Å²) in [5.74, 6) is 1.60. The summed E-state index contributed by atoms with van der Waals surface area (Å²) in [6.07, 6.45) is -0.507. The van der Waals surface area contributed by atoms with E-state index in [1.807, 2.05) is 42.8 Å². The summed E-state index contributed by atoms with van der Waals surface area (Å²) >= 11 is 1.66.